The molecule has 1 aliphatic carbocycles. The van der Waals surface area contributed by atoms with E-state index in [0.29, 0.717) is 19.4 Å². The molecule has 0 spiro atoms. The van der Waals surface area contributed by atoms with Crippen molar-refractivity contribution in [3.8, 4) is 5.75 Å². The van der Waals surface area contributed by atoms with Crippen molar-refractivity contribution in [2.45, 2.75) is 26.3 Å². The van der Waals surface area contributed by atoms with Crippen LogP contribution in [0.25, 0.3) is 0 Å². The molecule has 0 bridgehead atoms. The van der Waals surface area contributed by atoms with E-state index in [1.165, 1.54) is 0 Å². The summed E-state index contributed by atoms with van der Waals surface area (Å²) in [5.41, 5.74) is 1.97. The molecule has 0 radical (unpaired) electrons. The Morgan fingerprint density at radius 3 is 2.60 bits per heavy atom. The highest BCUT2D eigenvalue weighted by Gasteiger charge is 2.41. The number of benzene rings is 1. The fourth-order valence-corrected chi connectivity index (χ4v) is 2.42. The Kier molecular flexibility index (Phi) is 4.27. The molecule has 108 valence electrons. The molecule has 1 aromatic rings. The summed E-state index contributed by atoms with van der Waals surface area (Å²) in [6.07, 6.45) is 1.23. The minimum absolute atomic E-state index is 0.189. The van der Waals surface area contributed by atoms with Crippen LogP contribution in [0, 0.1) is 18.8 Å². The normalized spacial score (nSPS) is 20.9. The van der Waals surface area contributed by atoms with E-state index in [9.17, 15) is 9.59 Å². The topological polar surface area (TPSA) is 75.6 Å². The van der Waals surface area contributed by atoms with Gasteiger partial charge >= 0.3 is 5.97 Å². The van der Waals surface area contributed by atoms with Gasteiger partial charge in [-0.2, -0.15) is 0 Å². The molecular formula is C15H19NO4. The minimum atomic E-state index is -0.885. The summed E-state index contributed by atoms with van der Waals surface area (Å²) in [6.45, 7) is 2.32. The van der Waals surface area contributed by atoms with Crippen LogP contribution in [0.15, 0.2) is 18.2 Å². The van der Waals surface area contributed by atoms with Crippen molar-refractivity contribution in [3.05, 3.63) is 29.3 Å². The van der Waals surface area contributed by atoms with Gasteiger partial charge in [0, 0.05) is 12.1 Å². The minimum Gasteiger partial charge on any atom is -0.496 e. The molecule has 2 N–H and O–H groups in total. The summed E-state index contributed by atoms with van der Waals surface area (Å²) in [7, 11) is 1.59. The van der Waals surface area contributed by atoms with E-state index < -0.39 is 17.8 Å². The molecule has 0 aromatic heterocycles. The van der Waals surface area contributed by atoms with Gasteiger partial charge in [0.25, 0.3) is 0 Å². The summed E-state index contributed by atoms with van der Waals surface area (Å²) in [5.74, 6) is -1.27. The molecule has 5 heteroatoms. The summed E-state index contributed by atoms with van der Waals surface area (Å²) >= 11 is 0. The van der Waals surface area contributed by atoms with Crippen LogP contribution in [-0.4, -0.2) is 24.1 Å². The molecule has 1 fully saturated rings. The van der Waals surface area contributed by atoms with Crippen LogP contribution in [0.5, 0.6) is 5.75 Å². The number of carboxylic acids is 1. The first-order valence-corrected chi connectivity index (χ1v) is 6.67. The molecule has 20 heavy (non-hydrogen) atoms. The van der Waals surface area contributed by atoms with Gasteiger partial charge in [0.1, 0.15) is 5.75 Å². The number of nitrogens with one attached hydrogen (secondary N) is 1. The lowest BCUT2D eigenvalue weighted by molar-refractivity contribution is -0.152. The molecule has 0 heterocycles. The van der Waals surface area contributed by atoms with Crippen LogP contribution < -0.4 is 10.1 Å². The molecule has 1 aliphatic rings. The Balaban J connectivity index is 1.95. The lowest BCUT2D eigenvalue weighted by atomic mass is 9.73. The monoisotopic (exact) mass is 277 g/mol. The van der Waals surface area contributed by atoms with E-state index in [2.05, 4.69) is 5.32 Å². The van der Waals surface area contributed by atoms with E-state index in [1.807, 2.05) is 25.1 Å². The Bertz CT molecular complexity index is 527. The Morgan fingerprint density at radius 2 is 2.05 bits per heavy atom. The quantitative estimate of drug-likeness (QED) is 0.859. The molecule has 1 saturated carbocycles. The molecule has 0 saturated heterocycles. The summed E-state index contributed by atoms with van der Waals surface area (Å²) in [6, 6.07) is 5.77. The molecular weight excluding hydrogens is 258 g/mol. The number of aryl methyl sites for hydroxylation is 1. The maximum Gasteiger partial charge on any atom is 0.307 e. The van der Waals surface area contributed by atoms with E-state index >= 15 is 0 Å². The molecule has 5 nitrogen and oxygen atoms in total. The first-order chi connectivity index (χ1) is 9.52. The number of methoxy groups -OCH3 is 1. The number of amides is 1. The number of hydrogen-bond donors (Lipinski definition) is 2. The van der Waals surface area contributed by atoms with Gasteiger partial charge in [-0.1, -0.05) is 12.1 Å². The number of carbonyl (C=O) groups is 2. The van der Waals surface area contributed by atoms with Gasteiger partial charge in [0.05, 0.1) is 18.9 Å². The van der Waals surface area contributed by atoms with Crippen molar-refractivity contribution in [1.82, 2.24) is 5.32 Å². The average Bonchev–Trinajstić information content (AvgIpc) is 2.35. The molecule has 2 unspecified atom stereocenters. The maximum absolute atomic E-state index is 12.0. The summed E-state index contributed by atoms with van der Waals surface area (Å²) in [4.78, 5) is 22.9. The number of carboxylic acid groups (broad SMARTS) is 1. The zero-order valence-corrected chi connectivity index (χ0v) is 11.7. The van der Waals surface area contributed by atoms with Gasteiger partial charge in [-0.25, -0.2) is 0 Å². The lowest BCUT2D eigenvalue weighted by Crippen LogP contribution is -2.43. The predicted octanol–water partition coefficient (Wildman–Crippen LogP) is 1.73. The summed E-state index contributed by atoms with van der Waals surface area (Å²) in [5, 5.41) is 11.7. The highest BCUT2D eigenvalue weighted by atomic mass is 16.5. The second kappa shape index (κ2) is 5.94. The van der Waals surface area contributed by atoms with Crippen molar-refractivity contribution >= 4 is 11.9 Å². The SMILES string of the molecule is COc1cc(C)ccc1CNC(=O)C1CCC1C(=O)O. The number of ether oxygens (including phenoxy) is 1. The standard InChI is InChI=1S/C15H19NO4/c1-9-3-4-10(13(7-9)20-2)8-16-14(17)11-5-6-12(11)15(18)19/h3-4,7,11-12H,5-6,8H2,1-2H3,(H,16,17)(H,18,19). The first kappa shape index (κ1) is 14.4. The lowest BCUT2D eigenvalue weighted by Gasteiger charge is -2.32. The second-order valence-electron chi connectivity index (χ2n) is 5.16. The first-order valence-electron chi connectivity index (χ1n) is 6.67. The fourth-order valence-electron chi connectivity index (χ4n) is 2.42. The van der Waals surface area contributed by atoms with E-state index in [4.69, 9.17) is 9.84 Å². The Labute approximate surface area is 117 Å². The molecule has 1 aromatic carbocycles. The zero-order chi connectivity index (χ0) is 14.7. The third-order valence-electron chi connectivity index (χ3n) is 3.82. The van der Waals surface area contributed by atoms with E-state index in [-0.39, 0.29) is 5.91 Å². The van der Waals surface area contributed by atoms with Crippen molar-refractivity contribution in [3.63, 3.8) is 0 Å². The molecule has 1 amide bonds. The van der Waals surface area contributed by atoms with Crippen molar-refractivity contribution in [2.24, 2.45) is 11.8 Å². The second-order valence-corrected chi connectivity index (χ2v) is 5.16. The Hall–Kier alpha value is -2.04. The molecule has 2 rings (SSSR count). The number of rotatable bonds is 5. The Morgan fingerprint density at radius 1 is 1.35 bits per heavy atom. The third-order valence-corrected chi connectivity index (χ3v) is 3.82. The number of carbonyl (C=O) groups excluding carboxylic acids is 1. The van der Waals surface area contributed by atoms with Crippen molar-refractivity contribution in [2.75, 3.05) is 7.11 Å². The highest BCUT2D eigenvalue weighted by Crippen LogP contribution is 2.34. The van der Waals surface area contributed by atoms with Crippen LogP contribution in [0.1, 0.15) is 24.0 Å². The van der Waals surface area contributed by atoms with Gasteiger partial charge in [-0.15, -0.1) is 0 Å². The van der Waals surface area contributed by atoms with Gasteiger partial charge in [-0.05, 0) is 31.4 Å². The van der Waals surface area contributed by atoms with Gasteiger partial charge < -0.3 is 15.2 Å². The smallest absolute Gasteiger partial charge is 0.307 e. The van der Waals surface area contributed by atoms with Crippen molar-refractivity contribution in [1.29, 1.82) is 0 Å². The van der Waals surface area contributed by atoms with Crippen LogP contribution in [0.4, 0.5) is 0 Å². The number of hydrogen-bond acceptors (Lipinski definition) is 3. The average molecular weight is 277 g/mol. The van der Waals surface area contributed by atoms with Crippen LogP contribution in [0.3, 0.4) is 0 Å². The van der Waals surface area contributed by atoms with E-state index in [1.54, 1.807) is 7.11 Å². The van der Waals surface area contributed by atoms with Gasteiger partial charge in [-0.3, -0.25) is 9.59 Å². The van der Waals surface area contributed by atoms with Crippen LogP contribution >= 0.6 is 0 Å². The van der Waals surface area contributed by atoms with Crippen LogP contribution in [-0.2, 0) is 16.1 Å². The van der Waals surface area contributed by atoms with Crippen LogP contribution in [0.2, 0.25) is 0 Å². The maximum atomic E-state index is 12.0. The van der Waals surface area contributed by atoms with Crippen molar-refractivity contribution < 1.29 is 19.4 Å². The molecule has 2 atom stereocenters. The largest absolute Gasteiger partial charge is 0.496 e. The van der Waals surface area contributed by atoms with Gasteiger partial charge in [0.2, 0.25) is 5.91 Å². The fraction of sp³-hybridized carbons (Fsp3) is 0.467. The molecule has 0 aliphatic heterocycles. The highest BCUT2D eigenvalue weighted by molar-refractivity contribution is 5.86. The predicted molar refractivity (Wildman–Crippen MR) is 73.4 cm³/mol. The zero-order valence-electron chi connectivity index (χ0n) is 11.7. The summed E-state index contributed by atoms with van der Waals surface area (Å²) < 4.78 is 5.27. The van der Waals surface area contributed by atoms with Gasteiger partial charge in [0.15, 0.2) is 0 Å². The third kappa shape index (κ3) is 2.92. The number of aliphatic carboxylic acids is 1. The van der Waals surface area contributed by atoms with E-state index in [0.717, 1.165) is 16.9 Å².